The Balaban J connectivity index is 2.63. The van der Waals surface area contributed by atoms with Gasteiger partial charge in [0.2, 0.25) is 0 Å². The smallest absolute Gasteiger partial charge is 0.168 e. The van der Waals surface area contributed by atoms with Crippen LogP contribution in [0.3, 0.4) is 0 Å². The first kappa shape index (κ1) is 10.7. The minimum absolute atomic E-state index is 1.05. The number of hydrogen-bond donors (Lipinski definition) is 0. The zero-order valence-electron chi connectivity index (χ0n) is 7.92. The molecule has 0 bridgehead atoms. The SMILES string of the molecule is CS(=O)(=O)/C=C/C=C\c1ccccc1. The van der Waals surface area contributed by atoms with Crippen LogP contribution in [0.4, 0.5) is 0 Å². The average Bonchev–Trinajstić information content (AvgIpc) is 2.13. The van der Waals surface area contributed by atoms with Crippen molar-refractivity contribution in [2.75, 3.05) is 6.26 Å². The zero-order chi connectivity index (χ0) is 10.4. The zero-order valence-corrected chi connectivity index (χ0v) is 8.74. The monoisotopic (exact) mass is 208 g/mol. The molecule has 0 saturated carbocycles. The topological polar surface area (TPSA) is 34.1 Å². The molecule has 1 aromatic rings. The highest BCUT2D eigenvalue weighted by Crippen LogP contribution is 2.00. The molecule has 0 aliphatic heterocycles. The molecule has 0 radical (unpaired) electrons. The fraction of sp³-hybridized carbons (Fsp3) is 0.0909. The summed E-state index contributed by atoms with van der Waals surface area (Å²) < 4.78 is 21.4. The maximum atomic E-state index is 10.7. The molecule has 1 aromatic carbocycles. The van der Waals surface area contributed by atoms with Crippen molar-refractivity contribution in [3.8, 4) is 0 Å². The lowest BCUT2D eigenvalue weighted by Crippen LogP contribution is -1.86. The highest BCUT2D eigenvalue weighted by molar-refractivity contribution is 7.93. The fourth-order valence-electron chi connectivity index (χ4n) is 0.919. The molecule has 0 amide bonds. The van der Waals surface area contributed by atoms with Crippen molar-refractivity contribution in [3.63, 3.8) is 0 Å². The molecule has 0 fully saturated rings. The highest BCUT2D eigenvalue weighted by Gasteiger charge is 1.89. The van der Waals surface area contributed by atoms with Gasteiger partial charge in [0.25, 0.3) is 0 Å². The lowest BCUT2D eigenvalue weighted by molar-refractivity contribution is 0.610. The summed E-state index contributed by atoms with van der Waals surface area (Å²) in [6.07, 6.45) is 6.24. The lowest BCUT2D eigenvalue weighted by atomic mass is 10.2. The molecular weight excluding hydrogens is 196 g/mol. The second kappa shape index (κ2) is 4.77. The minimum atomic E-state index is -3.01. The average molecular weight is 208 g/mol. The van der Waals surface area contributed by atoms with Crippen LogP contribution in [-0.4, -0.2) is 14.7 Å². The van der Waals surface area contributed by atoms with Gasteiger partial charge in [-0.2, -0.15) is 0 Å². The van der Waals surface area contributed by atoms with Crippen LogP contribution in [0.5, 0.6) is 0 Å². The molecule has 0 aliphatic carbocycles. The van der Waals surface area contributed by atoms with Crippen molar-refractivity contribution in [2.45, 2.75) is 0 Å². The van der Waals surface area contributed by atoms with E-state index in [9.17, 15) is 8.42 Å². The first-order valence-corrected chi connectivity index (χ1v) is 6.13. The molecule has 74 valence electrons. The van der Waals surface area contributed by atoms with Gasteiger partial charge < -0.3 is 0 Å². The Hall–Kier alpha value is -1.35. The fourth-order valence-corrected chi connectivity index (χ4v) is 1.30. The maximum Gasteiger partial charge on any atom is 0.168 e. The van der Waals surface area contributed by atoms with Crippen molar-refractivity contribution in [1.82, 2.24) is 0 Å². The van der Waals surface area contributed by atoms with Gasteiger partial charge in [0.1, 0.15) is 0 Å². The van der Waals surface area contributed by atoms with Gasteiger partial charge in [-0.1, -0.05) is 48.6 Å². The third kappa shape index (κ3) is 4.62. The standard InChI is InChI=1S/C11H12O2S/c1-14(12,13)10-6-5-9-11-7-3-2-4-8-11/h2-10H,1H3/b9-5-,10-6+. The van der Waals surface area contributed by atoms with Crippen molar-refractivity contribution < 1.29 is 8.42 Å². The first-order valence-electron chi connectivity index (χ1n) is 4.18. The molecule has 3 heteroatoms. The molecule has 0 aliphatic rings. The molecule has 0 spiro atoms. The summed E-state index contributed by atoms with van der Waals surface area (Å²) in [6, 6.07) is 9.69. The van der Waals surface area contributed by atoms with E-state index in [4.69, 9.17) is 0 Å². The molecule has 2 nitrogen and oxygen atoms in total. The largest absolute Gasteiger partial charge is 0.225 e. The Morgan fingerprint density at radius 1 is 1.07 bits per heavy atom. The number of benzene rings is 1. The molecule has 0 aromatic heterocycles. The molecule has 0 saturated heterocycles. The first-order chi connectivity index (χ1) is 6.58. The third-order valence-electron chi connectivity index (χ3n) is 1.53. The summed E-state index contributed by atoms with van der Waals surface area (Å²) in [4.78, 5) is 0. The molecule has 0 atom stereocenters. The van der Waals surface area contributed by atoms with Crippen LogP contribution in [0, 0.1) is 0 Å². The summed E-state index contributed by atoms with van der Waals surface area (Å²) in [5.74, 6) is 0. The molecule has 14 heavy (non-hydrogen) atoms. The molecule has 1 rings (SSSR count). The van der Waals surface area contributed by atoms with Crippen molar-refractivity contribution >= 4 is 15.9 Å². The van der Waals surface area contributed by atoms with E-state index < -0.39 is 9.84 Å². The Morgan fingerprint density at radius 2 is 1.71 bits per heavy atom. The quantitative estimate of drug-likeness (QED) is 0.714. The number of sulfone groups is 1. The Labute approximate surface area is 84.5 Å². The number of allylic oxidation sites excluding steroid dienone is 2. The van der Waals surface area contributed by atoms with E-state index in [0.717, 1.165) is 5.56 Å². The summed E-state index contributed by atoms with van der Waals surface area (Å²) in [5, 5.41) is 1.17. The van der Waals surface area contributed by atoms with E-state index in [0.29, 0.717) is 0 Å². The van der Waals surface area contributed by atoms with E-state index in [1.807, 2.05) is 36.4 Å². The van der Waals surface area contributed by atoms with Gasteiger partial charge in [-0.05, 0) is 5.56 Å². The van der Waals surface area contributed by atoms with Crippen LogP contribution >= 0.6 is 0 Å². The van der Waals surface area contributed by atoms with Crippen LogP contribution in [0.1, 0.15) is 5.56 Å². The van der Waals surface area contributed by atoms with Crippen LogP contribution in [-0.2, 0) is 9.84 Å². The van der Waals surface area contributed by atoms with Gasteiger partial charge in [0.15, 0.2) is 9.84 Å². The van der Waals surface area contributed by atoms with Gasteiger partial charge in [-0.15, -0.1) is 0 Å². The highest BCUT2D eigenvalue weighted by atomic mass is 32.2. The van der Waals surface area contributed by atoms with Crippen molar-refractivity contribution in [3.05, 3.63) is 53.5 Å². The predicted molar refractivity (Wildman–Crippen MR) is 59.5 cm³/mol. The van der Waals surface area contributed by atoms with Crippen molar-refractivity contribution in [1.29, 1.82) is 0 Å². The second-order valence-corrected chi connectivity index (χ2v) is 4.86. The summed E-state index contributed by atoms with van der Waals surface area (Å²) in [5.41, 5.74) is 1.05. The Kier molecular flexibility index (Phi) is 3.65. The maximum absolute atomic E-state index is 10.7. The molecular formula is C11H12O2S. The Morgan fingerprint density at radius 3 is 2.29 bits per heavy atom. The Bertz CT molecular complexity index is 428. The predicted octanol–water partition coefficient (Wildman–Crippen LogP) is 2.26. The van der Waals surface area contributed by atoms with Gasteiger partial charge >= 0.3 is 0 Å². The third-order valence-corrected chi connectivity index (χ3v) is 2.18. The van der Waals surface area contributed by atoms with E-state index in [-0.39, 0.29) is 0 Å². The van der Waals surface area contributed by atoms with Crippen LogP contribution in [0.2, 0.25) is 0 Å². The number of hydrogen-bond acceptors (Lipinski definition) is 2. The molecule has 0 unspecified atom stereocenters. The van der Waals surface area contributed by atoms with Gasteiger partial charge in [0, 0.05) is 11.7 Å². The minimum Gasteiger partial charge on any atom is -0.225 e. The lowest BCUT2D eigenvalue weighted by Gasteiger charge is -1.88. The van der Waals surface area contributed by atoms with E-state index in [1.165, 1.54) is 17.7 Å². The van der Waals surface area contributed by atoms with Crippen molar-refractivity contribution in [2.24, 2.45) is 0 Å². The molecule has 0 N–H and O–H groups in total. The van der Waals surface area contributed by atoms with Crippen LogP contribution in [0.15, 0.2) is 47.9 Å². The number of rotatable bonds is 3. The van der Waals surface area contributed by atoms with Gasteiger partial charge in [0.05, 0.1) is 0 Å². The van der Waals surface area contributed by atoms with Crippen LogP contribution < -0.4 is 0 Å². The van der Waals surface area contributed by atoms with E-state index >= 15 is 0 Å². The van der Waals surface area contributed by atoms with Gasteiger partial charge in [-0.25, -0.2) is 8.42 Å². The van der Waals surface area contributed by atoms with E-state index in [2.05, 4.69) is 0 Å². The summed E-state index contributed by atoms with van der Waals surface area (Å²) in [7, 11) is -3.01. The van der Waals surface area contributed by atoms with E-state index in [1.54, 1.807) is 6.08 Å². The van der Waals surface area contributed by atoms with Gasteiger partial charge in [-0.3, -0.25) is 0 Å². The normalized spacial score (nSPS) is 12.6. The van der Waals surface area contributed by atoms with Crippen LogP contribution in [0.25, 0.3) is 6.08 Å². The summed E-state index contributed by atoms with van der Waals surface area (Å²) >= 11 is 0. The summed E-state index contributed by atoms with van der Waals surface area (Å²) in [6.45, 7) is 0. The second-order valence-electron chi connectivity index (χ2n) is 2.93. The molecule has 0 heterocycles.